The monoisotopic (exact) mass is 296 g/mol. The van der Waals surface area contributed by atoms with Crippen LogP contribution in [0.3, 0.4) is 0 Å². The zero-order chi connectivity index (χ0) is 16.3. The van der Waals surface area contributed by atoms with E-state index in [-0.39, 0.29) is 17.0 Å². The average molecular weight is 296 g/mol. The number of carbonyl (C=O) groups excluding carboxylic acids is 2. The summed E-state index contributed by atoms with van der Waals surface area (Å²) in [6, 6.07) is 0.141. The summed E-state index contributed by atoms with van der Waals surface area (Å²) in [5.41, 5.74) is -0.282. The van der Waals surface area contributed by atoms with E-state index in [0.29, 0.717) is 5.92 Å². The highest BCUT2D eigenvalue weighted by Crippen LogP contribution is 2.27. The third-order valence-corrected chi connectivity index (χ3v) is 4.06. The number of amides is 2. The zero-order valence-electron chi connectivity index (χ0n) is 14.5. The Morgan fingerprint density at radius 3 is 2.10 bits per heavy atom. The van der Waals surface area contributed by atoms with Crippen LogP contribution in [-0.2, 0) is 9.59 Å². The standard InChI is InChI=1S/C17H32N2O2/c1-12-9-7-8-10-13(12)18-14(20)15(21)19-17(5,6)11-16(2,3)4/h12-13H,7-11H2,1-6H3,(H,18,20)(H,19,21). The Bertz CT molecular complexity index is 383. The summed E-state index contributed by atoms with van der Waals surface area (Å²) in [7, 11) is 0. The molecule has 0 aromatic carbocycles. The highest BCUT2D eigenvalue weighted by molar-refractivity contribution is 6.35. The second kappa shape index (κ2) is 6.80. The summed E-state index contributed by atoms with van der Waals surface area (Å²) in [5.74, 6) is -0.546. The topological polar surface area (TPSA) is 58.2 Å². The average Bonchev–Trinajstić information content (AvgIpc) is 2.28. The minimum atomic E-state index is -0.512. The van der Waals surface area contributed by atoms with Crippen molar-refractivity contribution in [1.82, 2.24) is 10.6 Å². The van der Waals surface area contributed by atoms with E-state index in [2.05, 4.69) is 38.3 Å². The summed E-state index contributed by atoms with van der Waals surface area (Å²) in [6.45, 7) is 12.5. The highest BCUT2D eigenvalue weighted by atomic mass is 16.2. The van der Waals surface area contributed by atoms with Gasteiger partial charge in [-0.15, -0.1) is 0 Å². The quantitative estimate of drug-likeness (QED) is 0.787. The first kappa shape index (κ1) is 18.0. The molecule has 4 nitrogen and oxygen atoms in total. The third-order valence-electron chi connectivity index (χ3n) is 4.06. The molecular formula is C17H32N2O2. The maximum atomic E-state index is 12.1. The van der Waals surface area contributed by atoms with Gasteiger partial charge in [0.1, 0.15) is 0 Å². The molecule has 4 heteroatoms. The Hall–Kier alpha value is -1.06. The molecule has 2 amide bonds. The Morgan fingerprint density at radius 2 is 1.57 bits per heavy atom. The van der Waals surface area contributed by atoms with Crippen LogP contribution >= 0.6 is 0 Å². The van der Waals surface area contributed by atoms with E-state index in [4.69, 9.17) is 0 Å². The third kappa shape index (κ3) is 6.49. The van der Waals surface area contributed by atoms with E-state index in [1.54, 1.807) is 0 Å². The second-order valence-corrected chi connectivity index (χ2v) is 8.42. The van der Waals surface area contributed by atoms with Crippen LogP contribution in [0.2, 0.25) is 0 Å². The number of hydrogen-bond donors (Lipinski definition) is 2. The molecule has 1 aliphatic rings. The predicted octanol–water partition coefficient (Wildman–Crippen LogP) is 3.01. The molecule has 0 radical (unpaired) electrons. The first-order valence-electron chi connectivity index (χ1n) is 8.13. The van der Waals surface area contributed by atoms with Gasteiger partial charge >= 0.3 is 11.8 Å². The van der Waals surface area contributed by atoms with Crippen molar-refractivity contribution in [3.63, 3.8) is 0 Å². The van der Waals surface area contributed by atoms with Crippen molar-refractivity contribution in [1.29, 1.82) is 0 Å². The fourth-order valence-corrected chi connectivity index (χ4v) is 3.50. The molecule has 0 aliphatic heterocycles. The van der Waals surface area contributed by atoms with Crippen LogP contribution in [0, 0.1) is 11.3 Å². The normalized spacial score (nSPS) is 23.5. The minimum Gasteiger partial charge on any atom is -0.345 e. The second-order valence-electron chi connectivity index (χ2n) is 8.42. The fraction of sp³-hybridized carbons (Fsp3) is 0.882. The van der Waals surface area contributed by atoms with Gasteiger partial charge in [-0.25, -0.2) is 0 Å². The van der Waals surface area contributed by atoms with Crippen molar-refractivity contribution >= 4 is 11.8 Å². The van der Waals surface area contributed by atoms with E-state index in [9.17, 15) is 9.59 Å². The van der Waals surface area contributed by atoms with Crippen LogP contribution < -0.4 is 10.6 Å². The van der Waals surface area contributed by atoms with Gasteiger partial charge in [0.15, 0.2) is 0 Å². The molecule has 21 heavy (non-hydrogen) atoms. The Morgan fingerprint density at radius 1 is 1.00 bits per heavy atom. The summed E-state index contributed by atoms with van der Waals surface area (Å²) >= 11 is 0. The lowest BCUT2D eigenvalue weighted by atomic mass is 9.82. The summed E-state index contributed by atoms with van der Waals surface area (Å²) in [5, 5.41) is 5.77. The molecule has 2 unspecified atom stereocenters. The molecule has 1 rings (SSSR count). The lowest BCUT2D eigenvalue weighted by Crippen LogP contribution is -2.53. The van der Waals surface area contributed by atoms with Crippen LogP contribution in [0.25, 0.3) is 0 Å². The molecule has 0 saturated heterocycles. The molecule has 0 aromatic heterocycles. The maximum Gasteiger partial charge on any atom is 0.309 e. The molecule has 2 atom stereocenters. The maximum absolute atomic E-state index is 12.1. The lowest BCUT2D eigenvalue weighted by molar-refractivity contribution is -0.141. The molecule has 0 spiro atoms. The van der Waals surface area contributed by atoms with Crippen molar-refractivity contribution in [2.75, 3.05) is 0 Å². The number of nitrogens with one attached hydrogen (secondary N) is 2. The van der Waals surface area contributed by atoms with E-state index < -0.39 is 11.8 Å². The van der Waals surface area contributed by atoms with Crippen LogP contribution in [0.5, 0.6) is 0 Å². The van der Waals surface area contributed by atoms with Gasteiger partial charge in [-0.1, -0.05) is 40.5 Å². The van der Waals surface area contributed by atoms with E-state index in [1.165, 1.54) is 6.42 Å². The summed E-state index contributed by atoms with van der Waals surface area (Å²) in [6.07, 6.45) is 5.28. The van der Waals surface area contributed by atoms with Crippen molar-refractivity contribution in [2.24, 2.45) is 11.3 Å². The summed E-state index contributed by atoms with van der Waals surface area (Å²) < 4.78 is 0. The van der Waals surface area contributed by atoms with Gasteiger partial charge in [-0.2, -0.15) is 0 Å². The van der Waals surface area contributed by atoms with Gasteiger partial charge < -0.3 is 10.6 Å². The summed E-state index contributed by atoms with van der Waals surface area (Å²) in [4.78, 5) is 24.2. The van der Waals surface area contributed by atoms with Crippen molar-refractivity contribution in [3.8, 4) is 0 Å². The van der Waals surface area contributed by atoms with Crippen molar-refractivity contribution in [2.45, 2.75) is 85.2 Å². The minimum absolute atomic E-state index is 0.102. The van der Waals surface area contributed by atoms with Gasteiger partial charge in [0.2, 0.25) is 0 Å². The smallest absolute Gasteiger partial charge is 0.309 e. The van der Waals surface area contributed by atoms with Crippen LogP contribution in [0.15, 0.2) is 0 Å². The van der Waals surface area contributed by atoms with Crippen molar-refractivity contribution in [3.05, 3.63) is 0 Å². The number of carbonyl (C=O) groups is 2. The molecule has 1 saturated carbocycles. The highest BCUT2D eigenvalue weighted by Gasteiger charge is 2.31. The first-order valence-corrected chi connectivity index (χ1v) is 8.13. The van der Waals surface area contributed by atoms with Crippen molar-refractivity contribution < 1.29 is 9.59 Å². The fourth-order valence-electron chi connectivity index (χ4n) is 3.50. The van der Waals surface area contributed by atoms with E-state index in [0.717, 1.165) is 25.7 Å². The van der Waals surface area contributed by atoms with Gasteiger partial charge in [0, 0.05) is 11.6 Å². The molecule has 0 bridgehead atoms. The molecule has 0 heterocycles. The molecule has 0 aromatic rings. The van der Waals surface area contributed by atoms with Crippen LogP contribution in [-0.4, -0.2) is 23.4 Å². The van der Waals surface area contributed by atoms with Crippen LogP contribution in [0.4, 0.5) is 0 Å². The first-order chi connectivity index (χ1) is 9.50. The predicted molar refractivity (Wildman–Crippen MR) is 85.9 cm³/mol. The number of rotatable bonds is 3. The van der Waals surface area contributed by atoms with E-state index >= 15 is 0 Å². The largest absolute Gasteiger partial charge is 0.345 e. The van der Waals surface area contributed by atoms with Gasteiger partial charge in [-0.05, 0) is 44.4 Å². The molecule has 122 valence electrons. The van der Waals surface area contributed by atoms with Gasteiger partial charge in [0.05, 0.1) is 0 Å². The van der Waals surface area contributed by atoms with Crippen LogP contribution in [0.1, 0.15) is 73.6 Å². The van der Waals surface area contributed by atoms with Gasteiger partial charge in [-0.3, -0.25) is 9.59 Å². The molecular weight excluding hydrogens is 264 g/mol. The molecule has 1 fully saturated rings. The SMILES string of the molecule is CC1CCCCC1NC(=O)C(=O)NC(C)(C)CC(C)(C)C. The number of hydrogen-bond acceptors (Lipinski definition) is 2. The Labute approximate surface area is 129 Å². The Balaban J connectivity index is 2.52. The molecule has 2 N–H and O–H groups in total. The Kier molecular flexibility index (Phi) is 5.83. The zero-order valence-corrected chi connectivity index (χ0v) is 14.5. The molecule has 1 aliphatic carbocycles. The van der Waals surface area contributed by atoms with Gasteiger partial charge in [0.25, 0.3) is 0 Å². The lowest BCUT2D eigenvalue weighted by Gasteiger charge is -2.34. The van der Waals surface area contributed by atoms with E-state index in [1.807, 2.05) is 13.8 Å².